The lowest BCUT2D eigenvalue weighted by Crippen LogP contribution is -2.58. The standard InChI is InChI=1S/C27H42N8O8/c1-15(2)22(26(42)43)35(3)25(41)19(12-16-8-5-4-6-9-16)34-24(40)18(13-21(37)38)33-20(36)14-32-23(39)17(28)10-7-11-31-27(29)30/h4-6,8-9,15,17-19,22H,7,10-14,28H2,1-3H3,(H,32,39)(H,33,36)(H,34,40)(H,37,38)(H,42,43)(H4,29,30,31)/t17-,18-,19+,22-/m0/s1. The van der Waals surface area contributed by atoms with Gasteiger partial charge in [-0.05, 0) is 24.3 Å². The second kappa shape index (κ2) is 17.9. The number of hydrogen-bond acceptors (Lipinski definition) is 8. The molecule has 0 unspecified atom stereocenters. The molecule has 0 aliphatic rings. The summed E-state index contributed by atoms with van der Waals surface area (Å²) in [5.41, 5.74) is 16.9. The molecule has 0 heterocycles. The van der Waals surface area contributed by atoms with Gasteiger partial charge in [-0.1, -0.05) is 44.2 Å². The number of carbonyl (C=O) groups is 6. The van der Waals surface area contributed by atoms with E-state index in [1.54, 1.807) is 44.2 Å². The third-order valence-electron chi connectivity index (χ3n) is 6.30. The number of carboxylic acid groups (broad SMARTS) is 2. The molecule has 0 saturated carbocycles. The van der Waals surface area contributed by atoms with E-state index >= 15 is 0 Å². The van der Waals surface area contributed by atoms with E-state index in [0.29, 0.717) is 12.0 Å². The number of nitrogens with two attached hydrogens (primary N) is 3. The maximum atomic E-state index is 13.4. The van der Waals surface area contributed by atoms with Gasteiger partial charge in [0, 0.05) is 20.0 Å². The first-order chi connectivity index (χ1) is 20.1. The van der Waals surface area contributed by atoms with Crippen molar-refractivity contribution in [2.75, 3.05) is 20.1 Å². The fraction of sp³-hybridized carbons (Fsp3) is 0.519. The predicted molar refractivity (Wildman–Crippen MR) is 156 cm³/mol. The minimum absolute atomic E-state index is 0.0367. The Morgan fingerprint density at radius 1 is 0.953 bits per heavy atom. The molecule has 0 bridgehead atoms. The van der Waals surface area contributed by atoms with Crippen molar-refractivity contribution < 1.29 is 39.0 Å². The summed E-state index contributed by atoms with van der Waals surface area (Å²) < 4.78 is 0. The first kappa shape index (κ1) is 36.3. The average molecular weight is 607 g/mol. The zero-order chi connectivity index (χ0) is 32.7. The average Bonchev–Trinajstić information content (AvgIpc) is 2.92. The van der Waals surface area contributed by atoms with Gasteiger partial charge in [-0.2, -0.15) is 0 Å². The number of amides is 4. The highest BCUT2D eigenvalue weighted by atomic mass is 16.4. The minimum Gasteiger partial charge on any atom is -0.481 e. The van der Waals surface area contributed by atoms with Crippen molar-refractivity contribution in [3.63, 3.8) is 0 Å². The Balaban J connectivity index is 3.00. The largest absolute Gasteiger partial charge is 0.481 e. The van der Waals surface area contributed by atoms with Gasteiger partial charge in [-0.3, -0.25) is 29.0 Å². The summed E-state index contributed by atoms with van der Waals surface area (Å²) in [5.74, 6) is -6.46. The Morgan fingerprint density at radius 2 is 1.58 bits per heavy atom. The molecule has 4 amide bonds. The van der Waals surface area contributed by atoms with Gasteiger partial charge < -0.3 is 48.3 Å². The van der Waals surface area contributed by atoms with Gasteiger partial charge in [0.05, 0.1) is 19.0 Å². The van der Waals surface area contributed by atoms with Crippen molar-refractivity contribution in [2.24, 2.45) is 28.1 Å². The molecule has 16 nitrogen and oxygen atoms in total. The van der Waals surface area contributed by atoms with Gasteiger partial charge in [0.1, 0.15) is 18.1 Å². The Labute approximate surface area is 249 Å². The van der Waals surface area contributed by atoms with Crippen LogP contribution in [0.5, 0.6) is 0 Å². The van der Waals surface area contributed by atoms with Crippen LogP contribution in [0.25, 0.3) is 0 Å². The van der Waals surface area contributed by atoms with Crippen molar-refractivity contribution in [1.82, 2.24) is 20.9 Å². The molecule has 0 spiro atoms. The highest BCUT2D eigenvalue weighted by Gasteiger charge is 2.35. The molecule has 0 aliphatic heterocycles. The number of benzene rings is 1. The van der Waals surface area contributed by atoms with E-state index in [9.17, 15) is 39.0 Å². The zero-order valence-electron chi connectivity index (χ0n) is 24.5. The second-order valence-electron chi connectivity index (χ2n) is 10.2. The highest BCUT2D eigenvalue weighted by Crippen LogP contribution is 2.14. The summed E-state index contributed by atoms with van der Waals surface area (Å²) in [6.07, 6.45) is -0.242. The molecular weight excluding hydrogens is 564 g/mol. The van der Waals surface area contributed by atoms with Gasteiger partial charge in [0.2, 0.25) is 23.6 Å². The van der Waals surface area contributed by atoms with Crippen molar-refractivity contribution in [1.29, 1.82) is 0 Å². The third kappa shape index (κ3) is 13.2. The number of rotatable bonds is 18. The fourth-order valence-corrected chi connectivity index (χ4v) is 4.18. The summed E-state index contributed by atoms with van der Waals surface area (Å²) in [6.45, 7) is 2.91. The Hall–Kier alpha value is -4.73. The summed E-state index contributed by atoms with van der Waals surface area (Å²) in [4.78, 5) is 79.5. The lowest BCUT2D eigenvalue weighted by molar-refractivity contribution is -0.152. The molecular formula is C27H42N8O8. The monoisotopic (exact) mass is 606 g/mol. The van der Waals surface area contributed by atoms with E-state index in [1.807, 2.05) is 0 Å². The molecule has 1 aromatic rings. The van der Waals surface area contributed by atoms with Gasteiger partial charge in [-0.15, -0.1) is 0 Å². The van der Waals surface area contributed by atoms with Crippen LogP contribution in [0.3, 0.4) is 0 Å². The van der Waals surface area contributed by atoms with Crippen molar-refractivity contribution >= 4 is 41.5 Å². The van der Waals surface area contributed by atoms with E-state index in [0.717, 1.165) is 4.90 Å². The number of aliphatic imine (C=N–C) groups is 1. The van der Waals surface area contributed by atoms with Crippen LogP contribution in [0.2, 0.25) is 0 Å². The molecule has 238 valence electrons. The molecule has 0 aromatic heterocycles. The van der Waals surface area contributed by atoms with E-state index in [2.05, 4.69) is 20.9 Å². The van der Waals surface area contributed by atoms with Crippen molar-refractivity contribution in [3.8, 4) is 0 Å². The molecule has 0 saturated heterocycles. The lowest BCUT2D eigenvalue weighted by Gasteiger charge is -2.32. The SMILES string of the molecule is CC(C)[C@@H](C(=O)O)N(C)C(=O)[C@@H](Cc1ccccc1)NC(=O)[C@H](CC(=O)O)NC(=O)CNC(=O)[C@@H](N)CCCN=C(N)N. The fourth-order valence-electron chi connectivity index (χ4n) is 4.18. The molecule has 43 heavy (non-hydrogen) atoms. The normalized spacial score (nSPS) is 13.5. The summed E-state index contributed by atoms with van der Waals surface area (Å²) in [6, 6.07) is 3.52. The molecule has 1 rings (SSSR count). The number of nitrogens with zero attached hydrogens (tertiary/aromatic N) is 2. The van der Waals surface area contributed by atoms with Crippen LogP contribution in [0, 0.1) is 5.92 Å². The second-order valence-corrected chi connectivity index (χ2v) is 10.2. The number of hydrogen-bond donors (Lipinski definition) is 8. The van der Waals surface area contributed by atoms with Crippen molar-refractivity contribution in [3.05, 3.63) is 35.9 Å². The maximum Gasteiger partial charge on any atom is 0.326 e. The number of likely N-dealkylation sites (N-methyl/N-ethyl adjacent to an activating group) is 1. The summed E-state index contributed by atoms with van der Waals surface area (Å²) in [7, 11) is 1.30. The lowest BCUT2D eigenvalue weighted by atomic mass is 9.99. The van der Waals surface area contributed by atoms with Crippen LogP contribution in [-0.4, -0.2) is 101 Å². The molecule has 0 fully saturated rings. The first-order valence-corrected chi connectivity index (χ1v) is 13.6. The minimum atomic E-state index is -1.62. The van der Waals surface area contributed by atoms with Crippen LogP contribution in [0.4, 0.5) is 0 Å². The molecule has 11 N–H and O–H groups in total. The topological polar surface area (TPSA) is 273 Å². The van der Waals surface area contributed by atoms with Crippen molar-refractivity contribution in [2.45, 2.75) is 63.7 Å². The van der Waals surface area contributed by atoms with E-state index < -0.39 is 78.6 Å². The van der Waals surface area contributed by atoms with Crippen LogP contribution >= 0.6 is 0 Å². The summed E-state index contributed by atoms with van der Waals surface area (Å²) in [5, 5.41) is 26.0. The van der Waals surface area contributed by atoms with Gasteiger partial charge >= 0.3 is 11.9 Å². The smallest absolute Gasteiger partial charge is 0.326 e. The molecule has 4 atom stereocenters. The highest BCUT2D eigenvalue weighted by molar-refractivity contribution is 5.96. The third-order valence-corrected chi connectivity index (χ3v) is 6.30. The van der Waals surface area contributed by atoms with Gasteiger partial charge in [0.15, 0.2) is 5.96 Å². The molecule has 1 aromatic carbocycles. The maximum absolute atomic E-state index is 13.4. The zero-order valence-corrected chi connectivity index (χ0v) is 24.5. The number of aliphatic carboxylic acids is 2. The number of guanidine groups is 1. The van der Waals surface area contributed by atoms with Gasteiger partial charge in [0.25, 0.3) is 0 Å². The van der Waals surface area contributed by atoms with Gasteiger partial charge in [-0.25, -0.2) is 4.79 Å². The number of carbonyl (C=O) groups excluding carboxylic acids is 4. The quantitative estimate of drug-likeness (QED) is 0.0501. The van der Waals surface area contributed by atoms with E-state index in [-0.39, 0.29) is 25.3 Å². The Kier molecular flexibility index (Phi) is 15.1. The van der Waals surface area contributed by atoms with E-state index in [1.165, 1.54) is 7.05 Å². The first-order valence-electron chi connectivity index (χ1n) is 13.6. The predicted octanol–water partition coefficient (Wildman–Crippen LogP) is -2.26. The Bertz CT molecular complexity index is 1160. The Morgan fingerprint density at radius 3 is 2.12 bits per heavy atom. The van der Waals surface area contributed by atoms with Crippen LogP contribution in [0.15, 0.2) is 35.3 Å². The molecule has 0 aliphatic carbocycles. The van der Waals surface area contributed by atoms with Crippen LogP contribution in [-0.2, 0) is 35.2 Å². The van der Waals surface area contributed by atoms with Crippen LogP contribution < -0.4 is 33.2 Å². The number of nitrogens with one attached hydrogen (secondary N) is 3. The summed E-state index contributed by atoms with van der Waals surface area (Å²) >= 11 is 0. The van der Waals surface area contributed by atoms with Crippen LogP contribution in [0.1, 0.15) is 38.7 Å². The number of carboxylic acids is 2. The van der Waals surface area contributed by atoms with E-state index in [4.69, 9.17) is 17.2 Å². The molecule has 16 heteroatoms. The molecule has 0 radical (unpaired) electrons.